The van der Waals surface area contributed by atoms with Crippen LogP contribution in [0.1, 0.15) is 12.0 Å². The van der Waals surface area contributed by atoms with Gasteiger partial charge in [-0.05, 0) is 25.6 Å². The van der Waals surface area contributed by atoms with Gasteiger partial charge in [0.25, 0.3) is 0 Å². The summed E-state index contributed by atoms with van der Waals surface area (Å²) in [4.78, 5) is 26.8. The Morgan fingerprint density at radius 3 is 2.62 bits per heavy atom. The Kier molecular flexibility index (Phi) is 9.09. The van der Waals surface area contributed by atoms with Crippen LogP contribution in [0.15, 0.2) is 30.3 Å². The zero-order valence-electron chi connectivity index (χ0n) is 15.5. The molecule has 3 N–H and O–H groups in total. The molecule has 1 atom stereocenters. The van der Waals surface area contributed by atoms with Crippen LogP contribution in [-0.2, 0) is 20.7 Å². The Morgan fingerprint density at radius 2 is 1.92 bits per heavy atom. The van der Waals surface area contributed by atoms with Crippen LogP contribution in [0.3, 0.4) is 0 Å². The number of nitrogens with one attached hydrogen (secondary N) is 3. The Morgan fingerprint density at radius 1 is 1.19 bits per heavy atom. The molecule has 1 saturated heterocycles. The maximum Gasteiger partial charge on any atom is 0.242 e. The van der Waals surface area contributed by atoms with Gasteiger partial charge >= 0.3 is 0 Å². The number of carbonyl (C=O) groups excluding carboxylic acids is 2. The lowest BCUT2D eigenvalue weighted by Crippen LogP contribution is -2.50. The summed E-state index contributed by atoms with van der Waals surface area (Å²) in [7, 11) is 1.71. The van der Waals surface area contributed by atoms with E-state index >= 15 is 0 Å². The van der Waals surface area contributed by atoms with Crippen molar-refractivity contribution >= 4 is 11.8 Å². The topological polar surface area (TPSA) is 82.7 Å². The van der Waals surface area contributed by atoms with E-state index < -0.39 is 6.04 Å². The quantitative estimate of drug-likeness (QED) is 0.501. The molecule has 1 fully saturated rings. The van der Waals surface area contributed by atoms with Crippen molar-refractivity contribution in [1.29, 1.82) is 0 Å². The van der Waals surface area contributed by atoms with E-state index in [1.807, 2.05) is 30.3 Å². The largest absolute Gasteiger partial charge is 0.379 e. The highest BCUT2D eigenvalue weighted by Gasteiger charge is 2.20. The first-order valence-corrected chi connectivity index (χ1v) is 9.24. The van der Waals surface area contributed by atoms with Crippen LogP contribution in [0.25, 0.3) is 0 Å². The maximum atomic E-state index is 12.6. The highest BCUT2D eigenvalue weighted by molar-refractivity contribution is 5.88. The number of amides is 2. The molecule has 1 heterocycles. The highest BCUT2D eigenvalue weighted by atomic mass is 16.5. The number of rotatable bonds is 10. The van der Waals surface area contributed by atoms with E-state index in [4.69, 9.17) is 4.74 Å². The number of ether oxygens (including phenoxy) is 1. The third-order valence-electron chi connectivity index (χ3n) is 4.33. The van der Waals surface area contributed by atoms with E-state index in [2.05, 4.69) is 20.9 Å². The van der Waals surface area contributed by atoms with Crippen LogP contribution >= 0.6 is 0 Å². The van der Waals surface area contributed by atoms with E-state index in [1.54, 1.807) is 7.05 Å². The van der Waals surface area contributed by atoms with Crippen LogP contribution in [0, 0.1) is 0 Å². The smallest absolute Gasteiger partial charge is 0.242 e. The highest BCUT2D eigenvalue weighted by Crippen LogP contribution is 2.04. The molecule has 1 aliphatic heterocycles. The first kappa shape index (κ1) is 20.4. The zero-order chi connectivity index (χ0) is 18.6. The maximum absolute atomic E-state index is 12.6. The lowest BCUT2D eigenvalue weighted by Gasteiger charge is -2.26. The summed E-state index contributed by atoms with van der Waals surface area (Å²) in [6.45, 7) is 5.19. The molecule has 0 unspecified atom stereocenters. The molecule has 2 rings (SSSR count). The first-order valence-electron chi connectivity index (χ1n) is 9.24. The summed E-state index contributed by atoms with van der Waals surface area (Å²) in [5.74, 6) is -0.322. The van der Waals surface area contributed by atoms with Gasteiger partial charge in [-0.3, -0.25) is 14.5 Å². The van der Waals surface area contributed by atoms with Crippen molar-refractivity contribution < 1.29 is 14.3 Å². The monoisotopic (exact) mass is 362 g/mol. The predicted octanol–water partition coefficient (Wildman–Crippen LogP) is -0.228. The molecular weight excluding hydrogens is 332 g/mol. The summed E-state index contributed by atoms with van der Waals surface area (Å²) in [5, 5.41) is 8.58. The molecule has 1 aromatic rings. The summed E-state index contributed by atoms with van der Waals surface area (Å²) in [6, 6.07) is 9.15. The van der Waals surface area contributed by atoms with Gasteiger partial charge in [-0.1, -0.05) is 30.3 Å². The van der Waals surface area contributed by atoms with Gasteiger partial charge in [0.05, 0.1) is 19.8 Å². The van der Waals surface area contributed by atoms with Crippen molar-refractivity contribution in [2.24, 2.45) is 0 Å². The summed E-state index contributed by atoms with van der Waals surface area (Å²) < 4.78 is 5.33. The molecule has 0 radical (unpaired) electrons. The van der Waals surface area contributed by atoms with Crippen molar-refractivity contribution in [2.45, 2.75) is 18.9 Å². The van der Waals surface area contributed by atoms with Crippen molar-refractivity contribution in [1.82, 2.24) is 20.9 Å². The van der Waals surface area contributed by atoms with Gasteiger partial charge in [-0.2, -0.15) is 0 Å². The average molecular weight is 362 g/mol. The number of benzene rings is 1. The number of nitrogens with zero attached hydrogens (tertiary/aromatic N) is 1. The molecule has 7 heteroatoms. The number of morpholine rings is 1. The second-order valence-corrected chi connectivity index (χ2v) is 6.44. The first-order chi connectivity index (χ1) is 12.7. The van der Waals surface area contributed by atoms with E-state index in [1.165, 1.54) is 0 Å². The molecule has 1 aromatic carbocycles. The van der Waals surface area contributed by atoms with Crippen LogP contribution in [0.5, 0.6) is 0 Å². The Hall–Kier alpha value is -1.96. The molecule has 0 aromatic heterocycles. The lowest BCUT2D eigenvalue weighted by atomic mass is 10.1. The van der Waals surface area contributed by atoms with E-state index in [9.17, 15) is 9.59 Å². The second-order valence-electron chi connectivity index (χ2n) is 6.44. The zero-order valence-corrected chi connectivity index (χ0v) is 15.5. The van der Waals surface area contributed by atoms with E-state index in [-0.39, 0.29) is 18.4 Å². The molecule has 2 amide bonds. The van der Waals surface area contributed by atoms with Gasteiger partial charge in [-0.15, -0.1) is 0 Å². The van der Waals surface area contributed by atoms with Crippen LogP contribution < -0.4 is 16.0 Å². The number of hydrogen-bond donors (Lipinski definition) is 3. The fraction of sp³-hybridized carbons (Fsp3) is 0.579. The van der Waals surface area contributed by atoms with Crippen LogP contribution in [0.2, 0.25) is 0 Å². The number of likely N-dealkylation sites (N-methyl/N-ethyl adjacent to an activating group) is 1. The van der Waals surface area contributed by atoms with E-state index in [0.717, 1.165) is 44.8 Å². The molecule has 0 bridgehead atoms. The fourth-order valence-electron chi connectivity index (χ4n) is 2.93. The minimum atomic E-state index is -0.568. The van der Waals surface area contributed by atoms with Gasteiger partial charge in [-0.25, -0.2) is 0 Å². The predicted molar refractivity (Wildman–Crippen MR) is 101 cm³/mol. The van der Waals surface area contributed by atoms with Crippen LogP contribution in [0.4, 0.5) is 0 Å². The molecule has 0 aliphatic carbocycles. The molecule has 0 spiro atoms. The van der Waals surface area contributed by atoms with Crippen molar-refractivity contribution in [3.63, 3.8) is 0 Å². The minimum Gasteiger partial charge on any atom is -0.379 e. The molecule has 144 valence electrons. The number of hydrogen-bond acceptors (Lipinski definition) is 5. The second kappa shape index (κ2) is 11.6. The van der Waals surface area contributed by atoms with Gasteiger partial charge in [0.1, 0.15) is 6.04 Å². The standard InChI is InChI=1S/C19H30N4O3/c1-20-15-18(24)22-17(14-16-6-3-2-4-7-16)19(25)21-8-5-9-23-10-12-26-13-11-23/h2-4,6-7,17,20H,5,8-15H2,1H3,(H,21,25)(H,22,24)/t17-/m1/s1. The minimum absolute atomic E-state index is 0.139. The number of carbonyl (C=O) groups is 2. The molecule has 7 nitrogen and oxygen atoms in total. The van der Waals surface area contributed by atoms with Gasteiger partial charge in [0.2, 0.25) is 11.8 Å². The Balaban J connectivity index is 1.80. The normalized spacial score (nSPS) is 16.0. The summed E-state index contributed by atoms with van der Waals surface area (Å²) in [5.41, 5.74) is 1.02. The summed E-state index contributed by atoms with van der Waals surface area (Å²) in [6.07, 6.45) is 1.36. The Labute approximate surface area is 155 Å². The molecule has 0 saturated carbocycles. The average Bonchev–Trinajstić information content (AvgIpc) is 2.66. The van der Waals surface area contributed by atoms with E-state index in [0.29, 0.717) is 13.0 Å². The van der Waals surface area contributed by atoms with Crippen molar-refractivity contribution in [3.05, 3.63) is 35.9 Å². The van der Waals surface area contributed by atoms with Crippen molar-refractivity contribution in [3.8, 4) is 0 Å². The van der Waals surface area contributed by atoms with Gasteiger partial charge in [0, 0.05) is 26.1 Å². The fourth-order valence-corrected chi connectivity index (χ4v) is 2.93. The molecular formula is C19H30N4O3. The third kappa shape index (κ3) is 7.51. The third-order valence-corrected chi connectivity index (χ3v) is 4.33. The Bertz CT molecular complexity index is 547. The molecule has 26 heavy (non-hydrogen) atoms. The van der Waals surface area contributed by atoms with Gasteiger partial charge < -0.3 is 20.7 Å². The summed E-state index contributed by atoms with van der Waals surface area (Å²) >= 11 is 0. The van der Waals surface area contributed by atoms with Crippen molar-refractivity contribution in [2.75, 3.05) is 53.0 Å². The van der Waals surface area contributed by atoms with Crippen LogP contribution in [-0.4, -0.2) is 75.7 Å². The van der Waals surface area contributed by atoms with Gasteiger partial charge in [0.15, 0.2) is 0 Å². The SMILES string of the molecule is CNCC(=O)N[C@H](Cc1ccccc1)C(=O)NCCCN1CCOCC1. The lowest BCUT2D eigenvalue weighted by molar-refractivity contribution is -0.128. The molecule has 1 aliphatic rings.